The first kappa shape index (κ1) is 21.3. The van der Waals surface area contributed by atoms with E-state index in [-0.39, 0.29) is 78.4 Å². The van der Waals surface area contributed by atoms with Crippen molar-refractivity contribution in [2.75, 3.05) is 5.73 Å². The standard InChI is InChI=1S/C10H9NO6S2.2Na.2H/c11-7-1-2-9-6(3-7)4-8(18(12,13)14)5-10(9)19(15,16)17;;;;/h1-5H,11H2,(H,12,13,14)(H,15,16,17);;;;/q;2*+1;2*-1. The fourth-order valence-corrected chi connectivity index (χ4v) is 3.05. The minimum absolute atomic E-state index is 0. The van der Waals surface area contributed by atoms with Gasteiger partial charge in [-0.15, -0.1) is 0 Å². The molecule has 0 saturated carbocycles. The topological polar surface area (TPSA) is 135 Å². The van der Waals surface area contributed by atoms with E-state index in [0.29, 0.717) is 6.07 Å². The molecule has 11 heteroatoms. The van der Waals surface area contributed by atoms with E-state index in [2.05, 4.69) is 0 Å². The van der Waals surface area contributed by atoms with Gasteiger partial charge in [0.1, 0.15) is 4.90 Å². The van der Waals surface area contributed by atoms with Gasteiger partial charge in [0, 0.05) is 11.1 Å². The summed E-state index contributed by atoms with van der Waals surface area (Å²) in [4.78, 5) is -1.25. The predicted octanol–water partition coefficient (Wildman–Crippen LogP) is -4.85. The summed E-state index contributed by atoms with van der Waals surface area (Å²) in [7, 11) is -9.25. The maximum absolute atomic E-state index is 11.3. The van der Waals surface area contributed by atoms with Crippen molar-refractivity contribution in [2.45, 2.75) is 9.79 Å². The minimum atomic E-state index is -4.64. The molecule has 0 aliphatic rings. The number of hydrogen-bond acceptors (Lipinski definition) is 5. The fraction of sp³-hybridized carbons (Fsp3) is 0. The zero-order valence-electron chi connectivity index (χ0n) is 13.3. The Balaban J connectivity index is -0.000001000. The van der Waals surface area contributed by atoms with E-state index in [9.17, 15) is 16.8 Å². The number of anilines is 1. The van der Waals surface area contributed by atoms with Crippen LogP contribution in [0.4, 0.5) is 5.69 Å². The molecule has 0 bridgehead atoms. The second kappa shape index (κ2) is 7.26. The van der Waals surface area contributed by atoms with Crippen molar-refractivity contribution in [2.24, 2.45) is 0 Å². The van der Waals surface area contributed by atoms with Crippen LogP contribution in [0.2, 0.25) is 0 Å². The van der Waals surface area contributed by atoms with Crippen molar-refractivity contribution in [3.8, 4) is 0 Å². The van der Waals surface area contributed by atoms with Gasteiger partial charge in [0.15, 0.2) is 0 Å². The van der Waals surface area contributed by atoms with Crippen LogP contribution in [0.1, 0.15) is 2.85 Å². The number of rotatable bonds is 2. The summed E-state index contributed by atoms with van der Waals surface area (Å²) in [6.45, 7) is 0. The van der Waals surface area contributed by atoms with Gasteiger partial charge in [0.2, 0.25) is 0 Å². The molecular weight excluding hydrogens is 340 g/mol. The van der Waals surface area contributed by atoms with E-state index in [4.69, 9.17) is 14.8 Å². The molecule has 4 N–H and O–H groups in total. The molecule has 2 rings (SSSR count). The number of fused-ring (bicyclic) bond motifs is 1. The van der Waals surface area contributed by atoms with Crippen molar-refractivity contribution in [1.82, 2.24) is 0 Å². The predicted molar refractivity (Wildman–Crippen MR) is 70.2 cm³/mol. The van der Waals surface area contributed by atoms with Crippen LogP contribution in [0, 0.1) is 0 Å². The molecule has 0 amide bonds. The average molecular weight is 351 g/mol. The first-order valence-electron chi connectivity index (χ1n) is 4.87. The van der Waals surface area contributed by atoms with Crippen LogP contribution >= 0.6 is 0 Å². The van der Waals surface area contributed by atoms with E-state index in [1.54, 1.807) is 0 Å². The van der Waals surface area contributed by atoms with Crippen LogP contribution in [0.5, 0.6) is 0 Å². The number of nitrogen functional groups attached to an aromatic ring is 1. The zero-order chi connectivity index (χ0) is 14.4. The molecule has 0 fully saturated rings. The molecular formula is C10H11NNa2O6S2. The maximum Gasteiger partial charge on any atom is 1.00 e. The van der Waals surface area contributed by atoms with E-state index in [0.717, 1.165) is 6.07 Å². The van der Waals surface area contributed by atoms with Gasteiger partial charge in [0.05, 0.1) is 4.90 Å². The molecule has 0 atom stereocenters. The second-order valence-corrected chi connectivity index (χ2v) is 6.66. The summed E-state index contributed by atoms with van der Waals surface area (Å²) in [5.74, 6) is 0. The Kier molecular flexibility index (Phi) is 7.37. The smallest absolute Gasteiger partial charge is 1.00 e. The van der Waals surface area contributed by atoms with Gasteiger partial charge in [-0.25, -0.2) is 0 Å². The summed E-state index contributed by atoms with van der Waals surface area (Å²) in [6.07, 6.45) is 0. The summed E-state index contributed by atoms with van der Waals surface area (Å²) in [6, 6.07) is 5.82. The van der Waals surface area contributed by atoms with Crippen LogP contribution in [0.3, 0.4) is 0 Å². The molecule has 0 aliphatic heterocycles. The molecule has 0 unspecified atom stereocenters. The monoisotopic (exact) mass is 351 g/mol. The van der Waals surface area contributed by atoms with Crippen molar-refractivity contribution < 1.29 is 87.9 Å². The third kappa shape index (κ3) is 4.90. The van der Waals surface area contributed by atoms with Crippen molar-refractivity contribution in [3.63, 3.8) is 0 Å². The zero-order valence-corrected chi connectivity index (χ0v) is 16.9. The molecule has 2 aromatic carbocycles. The summed E-state index contributed by atoms with van der Waals surface area (Å²) in [5.41, 5.74) is 5.80. The molecule has 0 spiro atoms. The average Bonchev–Trinajstić information content (AvgIpc) is 2.24. The van der Waals surface area contributed by atoms with Crippen LogP contribution in [0.25, 0.3) is 10.8 Å². The Morgan fingerprint density at radius 1 is 0.905 bits per heavy atom. The molecule has 106 valence electrons. The maximum atomic E-state index is 11.3. The van der Waals surface area contributed by atoms with Gasteiger partial charge in [-0.05, 0) is 29.7 Å². The van der Waals surface area contributed by atoms with Gasteiger partial charge in [-0.3, -0.25) is 9.11 Å². The summed E-state index contributed by atoms with van der Waals surface area (Å²) in [5, 5.41) is 0.270. The summed E-state index contributed by atoms with van der Waals surface area (Å²) < 4.78 is 62.8. The SMILES string of the molecule is Nc1ccc2c(S(=O)(=O)O)cc(S(=O)(=O)O)cc2c1.[H-].[H-].[Na+].[Na+]. The molecule has 7 nitrogen and oxygen atoms in total. The second-order valence-electron chi connectivity index (χ2n) is 3.85. The van der Waals surface area contributed by atoms with Gasteiger partial charge in [0.25, 0.3) is 20.2 Å². The number of nitrogens with two attached hydrogens (primary N) is 1. The molecule has 0 radical (unpaired) electrons. The minimum Gasteiger partial charge on any atom is -1.00 e. The molecule has 0 aromatic heterocycles. The van der Waals surface area contributed by atoms with Gasteiger partial charge in [-0.2, -0.15) is 16.8 Å². The Morgan fingerprint density at radius 2 is 1.48 bits per heavy atom. The largest absolute Gasteiger partial charge is 1.00 e. The third-order valence-electron chi connectivity index (χ3n) is 2.49. The molecule has 0 heterocycles. The molecule has 2 aromatic rings. The summed E-state index contributed by atoms with van der Waals surface area (Å²) >= 11 is 0. The van der Waals surface area contributed by atoms with E-state index in [1.165, 1.54) is 18.2 Å². The quantitative estimate of drug-likeness (QED) is 0.281. The number of hydrogen-bond donors (Lipinski definition) is 3. The Hall–Kier alpha value is 0.320. The first-order valence-corrected chi connectivity index (χ1v) is 7.75. The van der Waals surface area contributed by atoms with Crippen LogP contribution in [-0.2, 0) is 20.2 Å². The molecule has 0 saturated heterocycles. The van der Waals surface area contributed by atoms with Crippen LogP contribution in [0.15, 0.2) is 40.1 Å². The van der Waals surface area contributed by atoms with Gasteiger partial charge in [-0.1, -0.05) is 6.07 Å². The Bertz CT molecular complexity index is 890. The van der Waals surface area contributed by atoms with E-state index in [1.807, 2.05) is 0 Å². The number of benzene rings is 2. The molecule has 0 aliphatic carbocycles. The Labute approximate surface area is 169 Å². The van der Waals surface area contributed by atoms with Crippen LogP contribution < -0.4 is 64.8 Å². The molecule has 21 heavy (non-hydrogen) atoms. The van der Waals surface area contributed by atoms with Gasteiger partial charge >= 0.3 is 59.1 Å². The first-order chi connectivity index (χ1) is 8.59. The van der Waals surface area contributed by atoms with E-state index < -0.39 is 30.0 Å². The Morgan fingerprint density at radius 3 is 1.95 bits per heavy atom. The normalized spacial score (nSPS) is 11.5. The van der Waals surface area contributed by atoms with Crippen LogP contribution in [-0.4, -0.2) is 25.9 Å². The fourth-order valence-electron chi connectivity index (χ4n) is 1.69. The van der Waals surface area contributed by atoms with Crippen molar-refractivity contribution in [3.05, 3.63) is 30.3 Å². The van der Waals surface area contributed by atoms with Crippen molar-refractivity contribution >= 4 is 36.7 Å². The van der Waals surface area contributed by atoms with Gasteiger partial charge < -0.3 is 8.59 Å². The van der Waals surface area contributed by atoms with Crippen molar-refractivity contribution in [1.29, 1.82) is 0 Å². The third-order valence-corrected chi connectivity index (χ3v) is 4.21. The van der Waals surface area contributed by atoms with E-state index >= 15 is 0 Å².